The molecule has 0 unspecified atom stereocenters. The van der Waals surface area contributed by atoms with Gasteiger partial charge in [0, 0.05) is 31.7 Å². The zero-order chi connectivity index (χ0) is 18.0. The first-order valence-corrected chi connectivity index (χ1v) is 8.21. The standard InChI is InChI=1S/C17H20N8O/c26-10-9-20-15-23-16(21-11-13-4-7-18-8-5-13)25-17(24-15)22-12-14-3-1-2-6-19-14/h1-8,26H,9-12H2,(H3,20,21,22,23,24,25). The lowest BCUT2D eigenvalue weighted by Crippen LogP contribution is -2.14. The van der Waals surface area contributed by atoms with Crippen molar-refractivity contribution in [3.63, 3.8) is 0 Å². The van der Waals surface area contributed by atoms with E-state index in [0.29, 0.717) is 37.5 Å². The van der Waals surface area contributed by atoms with Crippen molar-refractivity contribution in [2.45, 2.75) is 13.1 Å². The first kappa shape index (κ1) is 17.5. The summed E-state index contributed by atoms with van der Waals surface area (Å²) in [5.74, 6) is 1.24. The Labute approximate surface area is 151 Å². The Morgan fingerprint density at radius 3 is 2.12 bits per heavy atom. The SMILES string of the molecule is OCCNc1nc(NCc2ccncc2)nc(NCc2ccccn2)n1. The molecule has 0 saturated carbocycles. The average Bonchev–Trinajstić information content (AvgIpc) is 2.71. The number of hydrogen-bond acceptors (Lipinski definition) is 9. The fraction of sp³-hybridized carbons (Fsp3) is 0.235. The second-order valence-corrected chi connectivity index (χ2v) is 5.34. The highest BCUT2D eigenvalue weighted by molar-refractivity contribution is 5.42. The quantitative estimate of drug-likeness (QED) is 0.451. The smallest absolute Gasteiger partial charge is 0.229 e. The zero-order valence-electron chi connectivity index (χ0n) is 14.1. The Bertz CT molecular complexity index is 739. The van der Waals surface area contributed by atoms with Crippen molar-refractivity contribution in [2.24, 2.45) is 0 Å². The molecule has 3 heterocycles. The molecule has 134 valence electrons. The van der Waals surface area contributed by atoms with E-state index in [1.54, 1.807) is 18.6 Å². The highest BCUT2D eigenvalue weighted by Crippen LogP contribution is 2.11. The number of aliphatic hydroxyl groups is 1. The van der Waals surface area contributed by atoms with Gasteiger partial charge >= 0.3 is 0 Å². The molecule has 0 amide bonds. The number of aromatic nitrogens is 5. The van der Waals surface area contributed by atoms with Gasteiger partial charge in [-0.05, 0) is 29.8 Å². The molecule has 4 N–H and O–H groups in total. The van der Waals surface area contributed by atoms with Gasteiger partial charge in [0.1, 0.15) is 0 Å². The summed E-state index contributed by atoms with van der Waals surface area (Å²) in [6.45, 7) is 1.40. The van der Waals surface area contributed by atoms with Crippen molar-refractivity contribution in [1.82, 2.24) is 24.9 Å². The summed E-state index contributed by atoms with van der Waals surface area (Å²) < 4.78 is 0. The van der Waals surface area contributed by atoms with E-state index in [1.165, 1.54) is 0 Å². The van der Waals surface area contributed by atoms with Crippen LogP contribution in [-0.2, 0) is 13.1 Å². The molecule has 3 rings (SSSR count). The molecule has 0 aliphatic rings. The normalized spacial score (nSPS) is 10.3. The molecule has 0 aliphatic heterocycles. The monoisotopic (exact) mass is 352 g/mol. The van der Waals surface area contributed by atoms with Gasteiger partial charge in [-0.15, -0.1) is 0 Å². The molecule has 0 saturated heterocycles. The van der Waals surface area contributed by atoms with Gasteiger partial charge in [-0.25, -0.2) is 0 Å². The van der Waals surface area contributed by atoms with Crippen LogP contribution in [0.4, 0.5) is 17.8 Å². The van der Waals surface area contributed by atoms with Crippen LogP contribution in [0.5, 0.6) is 0 Å². The Hall–Kier alpha value is -3.33. The number of nitrogens with zero attached hydrogens (tertiary/aromatic N) is 5. The summed E-state index contributed by atoms with van der Waals surface area (Å²) in [6.07, 6.45) is 5.21. The summed E-state index contributed by atoms with van der Waals surface area (Å²) in [5.41, 5.74) is 1.94. The first-order chi connectivity index (χ1) is 12.8. The summed E-state index contributed by atoms with van der Waals surface area (Å²) in [5, 5.41) is 18.3. The Morgan fingerprint density at radius 2 is 1.46 bits per heavy atom. The lowest BCUT2D eigenvalue weighted by molar-refractivity contribution is 0.311. The van der Waals surface area contributed by atoms with Crippen LogP contribution in [0, 0.1) is 0 Å². The molecule has 0 aromatic carbocycles. The molecule has 9 heteroatoms. The van der Waals surface area contributed by atoms with Crippen molar-refractivity contribution < 1.29 is 5.11 Å². The van der Waals surface area contributed by atoms with Gasteiger partial charge in [-0.2, -0.15) is 15.0 Å². The highest BCUT2D eigenvalue weighted by Gasteiger charge is 2.07. The number of anilines is 3. The second kappa shape index (κ2) is 9.23. The van der Waals surface area contributed by atoms with Crippen molar-refractivity contribution in [2.75, 3.05) is 29.1 Å². The van der Waals surface area contributed by atoms with Crippen molar-refractivity contribution in [3.05, 3.63) is 60.2 Å². The summed E-state index contributed by atoms with van der Waals surface area (Å²) in [4.78, 5) is 21.3. The molecule has 0 spiro atoms. The van der Waals surface area contributed by atoms with Crippen molar-refractivity contribution in [1.29, 1.82) is 0 Å². The largest absolute Gasteiger partial charge is 0.395 e. The van der Waals surface area contributed by atoms with Gasteiger partial charge in [0.05, 0.1) is 18.8 Å². The highest BCUT2D eigenvalue weighted by atomic mass is 16.3. The molecule has 0 radical (unpaired) electrons. The third-order valence-corrected chi connectivity index (χ3v) is 3.38. The summed E-state index contributed by atoms with van der Waals surface area (Å²) in [7, 11) is 0. The maximum Gasteiger partial charge on any atom is 0.229 e. The first-order valence-electron chi connectivity index (χ1n) is 8.21. The number of aliphatic hydroxyl groups excluding tert-OH is 1. The zero-order valence-corrected chi connectivity index (χ0v) is 14.1. The van der Waals surface area contributed by atoms with Crippen LogP contribution in [0.3, 0.4) is 0 Å². The lowest BCUT2D eigenvalue weighted by atomic mass is 10.3. The summed E-state index contributed by atoms with van der Waals surface area (Å²) >= 11 is 0. The Balaban J connectivity index is 1.70. The van der Waals surface area contributed by atoms with Gasteiger partial charge in [0.2, 0.25) is 17.8 Å². The van der Waals surface area contributed by atoms with Gasteiger partial charge in [0.15, 0.2) is 0 Å². The van der Waals surface area contributed by atoms with E-state index in [0.717, 1.165) is 11.3 Å². The van der Waals surface area contributed by atoms with Crippen molar-refractivity contribution >= 4 is 17.8 Å². The van der Waals surface area contributed by atoms with E-state index in [1.807, 2.05) is 30.3 Å². The second-order valence-electron chi connectivity index (χ2n) is 5.34. The Kier molecular flexibility index (Phi) is 6.21. The van der Waals surface area contributed by atoms with Crippen LogP contribution in [0.1, 0.15) is 11.3 Å². The van der Waals surface area contributed by atoms with E-state index < -0.39 is 0 Å². The van der Waals surface area contributed by atoms with E-state index in [4.69, 9.17) is 5.11 Å². The van der Waals surface area contributed by atoms with E-state index in [9.17, 15) is 0 Å². The van der Waals surface area contributed by atoms with Gasteiger partial charge < -0.3 is 21.1 Å². The molecule has 3 aromatic rings. The third-order valence-electron chi connectivity index (χ3n) is 3.38. The average molecular weight is 352 g/mol. The molecule has 0 bridgehead atoms. The fourth-order valence-corrected chi connectivity index (χ4v) is 2.13. The van der Waals surface area contributed by atoms with Crippen LogP contribution in [0.15, 0.2) is 48.9 Å². The fourth-order valence-electron chi connectivity index (χ4n) is 2.13. The van der Waals surface area contributed by atoms with Crippen LogP contribution >= 0.6 is 0 Å². The molecular weight excluding hydrogens is 332 g/mol. The van der Waals surface area contributed by atoms with Crippen LogP contribution in [-0.4, -0.2) is 43.2 Å². The van der Waals surface area contributed by atoms with Gasteiger partial charge in [0.25, 0.3) is 0 Å². The van der Waals surface area contributed by atoms with E-state index >= 15 is 0 Å². The predicted octanol–water partition coefficient (Wildman–Crippen LogP) is 1.29. The van der Waals surface area contributed by atoms with Crippen LogP contribution in [0.25, 0.3) is 0 Å². The van der Waals surface area contributed by atoms with Crippen LogP contribution < -0.4 is 16.0 Å². The topological polar surface area (TPSA) is 121 Å². The van der Waals surface area contributed by atoms with Gasteiger partial charge in [-0.1, -0.05) is 6.07 Å². The third kappa shape index (κ3) is 5.35. The number of hydrogen-bond donors (Lipinski definition) is 4. The molecular formula is C17H20N8O. The Morgan fingerprint density at radius 1 is 0.769 bits per heavy atom. The minimum atomic E-state index is -0.0117. The van der Waals surface area contributed by atoms with E-state index in [2.05, 4.69) is 40.9 Å². The number of rotatable bonds is 9. The maximum atomic E-state index is 8.99. The molecule has 0 aliphatic carbocycles. The van der Waals surface area contributed by atoms with Crippen LogP contribution in [0.2, 0.25) is 0 Å². The van der Waals surface area contributed by atoms with Crippen molar-refractivity contribution in [3.8, 4) is 0 Å². The predicted molar refractivity (Wildman–Crippen MR) is 98.5 cm³/mol. The number of pyridine rings is 2. The minimum Gasteiger partial charge on any atom is -0.395 e. The molecule has 9 nitrogen and oxygen atoms in total. The molecule has 3 aromatic heterocycles. The summed E-state index contributed by atoms with van der Waals surface area (Å²) in [6, 6.07) is 9.54. The maximum absolute atomic E-state index is 8.99. The minimum absolute atomic E-state index is 0.0117. The lowest BCUT2D eigenvalue weighted by Gasteiger charge is -2.11. The molecule has 0 atom stereocenters. The molecule has 0 fully saturated rings. The number of nitrogens with one attached hydrogen (secondary N) is 3. The molecule has 26 heavy (non-hydrogen) atoms. The van der Waals surface area contributed by atoms with E-state index in [-0.39, 0.29) is 6.61 Å². The van der Waals surface area contributed by atoms with Gasteiger partial charge in [-0.3, -0.25) is 9.97 Å².